The molecule has 3 aromatic carbocycles. The number of ether oxygens (including phenoxy) is 1. The highest BCUT2D eigenvalue weighted by molar-refractivity contribution is 6.04. The highest BCUT2D eigenvalue weighted by Crippen LogP contribution is 2.43. The van der Waals surface area contributed by atoms with Crippen LogP contribution in [0.2, 0.25) is 0 Å². The third-order valence-electron chi connectivity index (χ3n) is 10.4. The molecule has 4 aromatic rings. The fourth-order valence-electron chi connectivity index (χ4n) is 7.83. The first kappa shape index (κ1) is 30.2. The van der Waals surface area contributed by atoms with E-state index in [2.05, 4.69) is 21.1 Å². The number of halogens is 4. The standard InChI is InChI=1S/C36H35F4N5O2/c1-3-24-27(37)9-4-19-12-23(46)13-25(30(19)24)31-28(38)14-26-33(32(31)40)42-35(43-34(26)45-15-20-5-6-21(16-45)41-20)47-18-36(2)17-44(22-7-8-22)11-10-29(36)39/h1,4,9,12-14,20-22,29,41,46H,5-8,10-11,15-18H2,2H3/t20-,21+,29-,36-/m1/s1. The van der Waals surface area contributed by atoms with Crippen LogP contribution in [-0.4, -0.2) is 77.1 Å². The molecule has 0 spiro atoms. The summed E-state index contributed by atoms with van der Waals surface area (Å²) in [7, 11) is 0. The maximum absolute atomic E-state index is 16.9. The van der Waals surface area contributed by atoms with Gasteiger partial charge in [-0.15, -0.1) is 6.42 Å². The van der Waals surface area contributed by atoms with Crippen LogP contribution in [0.25, 0.3) is 32.8 Å². The van der Waals surface area contributed by atoms with Crippen molar-refractivity contribution in [2.75, 3.05) is 37.7 Å². The van der Waals surface area contributed by atoms with E-state index in [9.17, 15) is 9.50 Å². The van der Waals surface area contributed by atoms with E-state index >= 15 is 13.2 Å². The van der Waals surface area contributed by atoms with Crippen LogP contribution >= 0.6 is 0 Å². The molecular formula is C36H35F4N5O2. The third kappa shape index (κ3) is 5.22. The Balaban J connectivity index is 1.27. The zero-order chi connectivity index (χ0) is 32.6. The minimum absolute atomic E-state index is 0.0210. The number of hydrogen-bond acceptors (Lipinski definition) is 7. The minimum atomic E-state index is -1.09. The molecule has 1 aromatic heterocycles. The average molecular weight is 646 g/mol. The molecular weight excluding hydrogens is 610 g/mol. The maximum atomic E-state index is 16.9. The lowest BCUT2D eigenvalue weighted by Gasteiger charge is -2.42. The van der Waals surface area contributed by atoms with Crippen molar-refractivity contribution in [1.82, 2.24) is 20.2 Å². The zero-order valence-electron chi connectivity index (χ0n) is 26.0. The summed E-state index contributed by atoms with van der Waals surface area (Å²) < 4.78 is 69.5. The van der Waals surface area contributed by atoms with E-state index in [1.54, 1.807) is 0 Å². The summed E-state index contributed by atoms with van der Waals surface area (Å²) in [6, 6.07) is 6.99. The predicted octanol–water partition coefficient (Wildman–Crippen LogP) is 6.09. The van der Waals surface area contributed by atoms with E-state index in [1.165, 1.54) is 24.3 Å². The fraction of sp³-hybridized carbons (Fsp3) is 0.444. The lowest BCUT2D eigenvalue weighted by Crippen LogP contribution is -2.52. The van der Waals surface area contributed by atoms with Crippen molar-refractivity contribution in [3.05, 3.63) is 53.3 Å². The molecule has 8 rings (SSSR count). The Kier molecular flexibility index (Phi) is 7.22. The number of piperazine rings is 1. The summed E-state index contributed by atoms with van der Waals surface area (Å²) in [5, 5.41) is 14.6. The van der Waals surface area contributed by atoms with E-state index < -0.39 is 34.6 Å². The number of phenolic OH excluding ortho intramolecular Hbond substituents is 1. The number of likely N-dealkylation sites (tertiary alicyclic amines) is 1. The summed E-state index contributed by atoms with van der Waals surface area (Å²) in [6.45, 7) is 4.23. The van der Waals surface area contributed by atoms with Crippen LogP contribution in [0.1, 0.15) is 44.6 Å². The van der Waals surface area contributed by atoms with Gasteiger partial charge in [-0.05, 0) is 61.8 Å². The third-order valence-corrected chi connectivity index (χ3v) is 10.4. The van der Waals surface area contributed by atoms with Gasteiger partial charge in [0.05, 0.1) is 11.1 Å². The maximum Gasteiger partial charge on any atom is 0.319 e. The Morgan fingerprint density at radius 3 is 2.53 bits per heavy atom. The second-order valence-electron chi connectivity index (χ2n) is 13.9. The largest absolute Gasteiger partial charge is 0.508 e. The molecule has 1 aliphatic carbocycles. The van der Waals surface area contributed by atoms with Crippen molar-refractivity contribution in [2.24, 2.45) is 5.41 Å². The molecule has 2 bridgehead atoms. The van der Waals surface area contributed by atoms with Gasteiger partial charge in [0.15, 0.2) is 5.82 Å². The van der Waals surface area contributed by atoms with Crippen molar-refractivity contribution < 1.29 is 27.4 Å². The van der Waals surface area contributed by atoms with Crippen molar-refractivity contribution in [3.8, 4) is 35.2 Å². The molecule has 4 heterocycles. The van der Waals surface area contributed by atoms with Gasteiger partial charge in [-0.1, -0.05) is 18.9 Å². The Morgan fingerprint density at radius 1 is 1.04 bits per heavy atom. The Bertz CT molecular complexity index is 1950. The Hall–Kier alpha value is -4.14. The van der Waals surface area contributed by atoms with Crippen LogP contribution in [-0.2, 0) is 0 Å². The molecule has 4 aliphatic rings. The lowest BCUT2D eigenvalue weighted by molar-refractivity contribution is -0.0200. The first-order chi connectivity index (χ1) is 22.6. The van der Waals surface area contributed by atoms with Gasteiger partial charge in [-0.3, -0.25) is 4.90 Å². The molecule has 4 fully saturated rings. The van der Waals surface area contributed by atoms with Gasteiger partial charge < -0.3 is 20.1 Å². The number of piperidine rings is 1. The van der Waals surface area contributed by atoms with Crippen LogP contribution in [0.3, 0.4) is 0 Å². The molecule has 7 nitrogen and oxygen atoms in total. The van der Waals surface area contributed by atoms with Gasteiger partial charge in [0.1, 0.15) is 41.5 Å². The summed E-state index contributed by atoms with van der Waals surface area (Å²) in [5.74, 6) is -0.355. The quantitative estimate of drug-likeness (QED) is 0.194. The van der Waals surface area contributed by atoms with Crippen molar-refractivity contribution >= 4 is 27.5 Å². The number of anilines is 1. The zero-order valence-corrected chi connectivity index (χ0v) is 26.0. The van der Waals surface area contributed by atoms with Crippen LogP contribution in [0, 0.1) is 35.2 Å². The number of benzene rings is 3. The van der Waals surface area contributed by atoms with Gasteiger partial charge >= 0.3 is 6.01 Å². The number of terminal acetylenes is 1. The van der Waals surface area contributed by atoms with Crippen molar-refractivity contribution in [3.63, 3.8) is 0 Å². The Labute approximate surface area is 269 Å². The van der Waals surface area contributed by atoms with Crippen molar-refractivity contribution in [2.45, 2.75) is 63.3 Å². The van der Waals surface area contributed by atoms with E-state index in [0.717, 1.165) is 31.7 Å². The number of aromatic nitrogens is 2. The number of phenols is 1. The molecule has 3 aliphatic heterocycles. The smallest absolute Gasteiger partial charge is 0.319 e. The number of fused-ring (bicyclic) bond motifs is 4. The average Bonchev–Trinajstić information content (AvgIpc) is 3.85. The molecule has 0 amide bonds. The van der Waals surface area contributed by atoms with Gasteiger partial charge in [0.2, 0.25) is 0 Å². The first-order valence-electron chi connectivity index (χ1n) is 16.3. The summed E-state index contributed by atoms with van der Waals surface area (Å²) in [4.78, 5) is 13.5. The topological polar surface area (TPSA) is 73.8 Å². The van der Waals surface area contributed by atoms with E-state index in [1.807, 2.05) is 11.8 Å². The molecule has 47 heavy (non-hydrogen) atoms. The van der Waals surface area contributed by atoms with Gasteiger partial charge in [-0.2, -0.15) is 9.97 Å². The minimum Gasteiger partial charge on any atom is -0.508 e. The number of nitrogens with zero attached hydrogens (tertiary/aromatic N) is 4. The Morgan fingerprint density at radius 2 is 1.81 bits per heavy atom. The molecule has 11 heteroatoms. The molecule has 0 radical (unpaired) electrons. The van der Waals surface area contributed by atoms with Gasteiger partial charge in [0, 0.05) is 66.1 Å². The number of rotatable bonds is 6. The molecule has 3 saturated heterocycles. The number of hydrogen-bond donors (Lipinski definition) is 2. The summed E-state index contributed by atoms with van der Waals surface area (Å²) >= 11 is 0. The number of nitrogens with one attached hydrogen (secondary N) is 1. The van der Waals surface area contributed by atoms with Crippen LogP contribution in [0.5, 0.6) is 11.8 Å². The summed E-state index contributed by atoms with van der Waals surface area (Å²) in [5.41, 5.74) is -1.83. The SMILES string of the molecule is C#Cc1c(F)ccc2cc(O)cc(-c3c(F)cc4c(N5C[C@H]6CC[C@@H](C5)N6)nc(OC[C@@]5(C)CN(C6CC6)CC[C@H]5F)nc4c3F)c12. The number of aromatic hydroxyl groups is 1. The van der Waals surface area contributed by atoms with Gasteiger partial charge in [-0.25, -0.2) is 17.6 Å². The van der Waals surface area contributed by atoms with Gasteiger partial charge in [0.25, 0.3) is 0 Å². The molecule has 0 unspecified atom stereocenters. The molecule has 4 atom stereocenters. The highest BCUT2D eigenvalue weighted by atomic mass is 19.1. The van der Waals surface area contributed by atoms with E-state index in [4.69, 9.17) is 16.1 Å². The second-order valence-corrected chi connectivity index (χ2v) is 13.9. The van der Waals surface area contributed by atoms with Crippen molar-refractivity contribution in [1.29, 1.82) is 0 Å². The highest BCUT2D eigenvalue weighted by Gasteiger charge is 2.45. The fourth-order valence-corrected chi connectivity index (χ4v) is 7.83. The molecule has 1 saturated carbocycles. The monoisotopic (exact) mass is 645 g/mol. The lowest BCUT2D eigenvalue weighted by atomic mass is 9.81. The van der Waals surface area contributed by atoms with Crippen LogP contribution in [0.4, 0.5) is 23.4 Å². The normalized spacial score (nSPS) is 26.2. The van der Waals surface area contributed by atoms with E-state index in [0.29, 0.717) is 49.8 Å². The predicted molar refractivity (Wildman–Crippen MR) is 172 cm³/mol. The second kappa shape index (κ2) is 11.2. The summed E-state index contributed by atoms with van der Waals surface area (Å²) in [6.07, 6.45) is 9.13. The van der Waals surface area contributed by atoms with Crippen LogP contribution < -0.4 is 15.0 Å². The first-order valence-corrected chi connectivity index (χ1v) is 16.3. The molecule has 2 N–H and O–H groups in total. The van der Waals surface area contributed by atoms with Crippen LogP contribution in [0.15, 0.2) is 30.3 Å². The number of alkyl halides is 1. The molecule has 244 valence electrons. The van der Waals surface area contributed by atoms with E-state index in [-0.39, 0.29) is 57.9 Å².